The van der Waals surface area contributed by atoms with Crippen molar-refractivity contribution in [2.75, 3.05) is 20.7 Å². The summed E-state index contributed by atoms with van der Waals surface area (Å²) in [5.74, 6) is -0.940. The summed E-state index contributed by atoms with van der Waals surface area (Å²) < 4.78 is 5.02. The van der Waals surface area contributed by atoms with Crippen LogP contribution in [-0.2, 0) is 14.3 Å². The van der Waals surface area contributed by atoms with Gasteiger partial charge in [-0.3, -0.25) is 19.3 Å². The molecule has 0 spiro atoms. The van der Waals surface area contributed by atoms with E-state index < -0.39 is 12.0 Å². The number of ketones is 2. The van der Waals surface area contributed by atoms with Gasteiger partial charge in [0.15, 0.2) is 11.6 Å². The first-order valence-electron chi connectivity index (χ1n) is 8.94. The summed E-state index contributed by atoms with van der Waals surface area (Å²) in [5, 5.41) is 0. The van der Waals surface area contributed by atoms with Gasteiger partial charge < -0.3 is 4.74 Å². The molecule has 5 heteroatoms. The van der Waals surface area contributed by atoms with Crippen LogP contribution < -0.4 is 0 Å². The van der Waals surface area contributed by atoms with E-state index in [0.717, 1.165) is 16.7 Å². The van der Waals surface area contributed by atoms with Crippen LogP contribution in [0.4, 0.5) is 0 Å². The highest BCUT2D eigenvalue weighted by atomic mass is 16.5. The first kappa shape index (κ1) is 18.5. The second-order valence-electron chi connectivity index (χ2n) is 7.58. The van der Waals surface area contributed by atoms with E-state index in [1.54, 1.807) is 0 Å². The zero-order chi connectivity index (χ0) is 19.2. The Labute approximate surface area is 154 Å². The summed E-state index contributed by atoms with van der Waals surface area (Å²) in [6.07, 6.45) is -0.144. The monoisotopic (exact) mass is 355 g/mol. The van der Waals surface area contributed by atoms with Crippen LogP contribution in [0.15, 0.2) is 29.3 Å². The highest BCUT2D eigenvalue weighted by Crippen LogP contribution is 2.42. The van der Waals surface area contributed by atoms with Gasteiger partial charge in [-0.15, -0.1) is 0 Å². The van der Waals surface area contributed by atoms with Crippen molar-refractivity contribution in [2.24, 2.45) is 0 Å². The summed E-state index contributed by atoms with van der Waals surface area (Å²) >= 11 is 0. The van der Waals surface area contributed by atoms with Gasteiger partial charge in [0.1, 0.15) is 6.04 Å². The number of fused-ring (bicyclic) bond motifs is 3. The molecule has 0 radical (unpaired) electrons. The van der Waals surface area contributed by atoms with Crippen molar-refractivity contribution in [1.29, 1.82) is 0 Å². The van der Waals surface area contributed by atoms with Gasteiger partial charge in [0.2, 0.25) is 0 Å². The average molecular weight is 355 g/mol. The second kappa shape index (κ2) is 6.80. The average Bonchev–Trinajstić information content (AvgIpc) is 2.69. The Morgan fingerprint density at radius 2 is 1.92 bits per heavy atom. The lowest BCUT2D eigenvalue weighted by molar-refractivity contribution is -0.147. The number of likely N-dealkylation sites (N-methyl/N-ethyl adjacent to an activating group) is 1. The first-order valence-corrected chi connectivity index (χ1v) is 8.94. The van der Waals surface area contributed by atoms with Crippen LogP contribution in [0.25, 0.3) is 0 Å². The van der Waals surface area contributed by atoms with Crippen LogP contribution in [0.1, 0.15) is 60.5 Å². The molecule has 2 unspecified atom stereocenters. The normalized spacial score (nSPS) is 23.6. The molecule has 138 valence electrons. The lowest BCUT2D eigenvalue weighted by Crippen LogP contribution is -2.49. The predicted molar refractivity (Wildman–Crippen MR) is 98.4 cm³/mol. The van der Waals surface area contributed by atoms with Crippen LogP contribution in [0.2, 0.25) is 0 Å². The molecule has 0 bridgehead atoms. The summed E-state index contributed by atoms with van der Waals surface area (Å²) in [4.78, 5) is 40.1. The van der Waals surface area contributed by atoms with E-state index in [2.05, 4.69) is 13.8 Å². The third-order valence-electron chi connectivity index (χ3n) is 5.49. The summed E-state index contributed by atoms with van der Waals surface area (Å²) in [7, 11) is 3.20. The highest BCUT2D eigenvalue weighted by Gasteiger charge is 2.45. The van der Waals surface area contributed by atoms with Crippen molar-refractivity contribution in [1.82, 2.24) is 4.90 Å². The zero-order valence-corrected chi connectivity index (χ0v) is 16.0. The number of esters is 1. The molecule has 1 heterocycles. The Morgan fingerprint density at radius 1 is 1.23 bits per heavy atom. The molecule has 2 atom stereocenters. The van der Waals surface area contributed by atoms with Gasteiger partial charge >= 0.3 is 5.97 Å². The van der Waals surface area contributed by atoms with E-state index in [9.17, 15) is 14.4 Å². The van der Waals surface area contributed by atoms with Crippen molar-refractivity contribution in [3.05, 3.63) is 46.0 Å². The van der Waals surface area contributed by atoms with Crippen molar-refractivity contribution in [3.8, 4) is 0 Å². The molecule has 1 aromatic carbocycles. The number of ether oxygens (including phenoxy) is 1. The summed E-state index contributed by atoms with van der Waals surface area (Å²) in [6.45, 7) is 6.54. The van der Waals surface area contributed by atoms with E-state index in [1.807, 2.05) is 37.1 Å². The number of nitrogens with zero attached hydrogens (tertiary/aromatic N) is 1. The third kappa shape index (κ3) is 2.90. The van der Waals surface area contributed by atoms with Gasteiger partial charge in [-0.05, 0) is 37.1 Å². The molecule has 5 nitrogen and oxygen atoms in total. The molecule has 2 aliphatic rings. The van der Waals surface area contributed by atoms with Crippen LogP contribution in [0.5, 0.6) is 0 Å². The van der Waals surface area contributed by atoms with Gasteiger partial charge in [-0.2, -0.15) is 0 Å². The van der Waals surface area contributed by atoms with Gasteiger partial charge in [0.25, 0.3) is 0 Å². The quantitative estimate of drug-likeness (QED) is 0.603. The SMILES string of the molecule is COC(=O)C1C2C(=C(C)CN1C)C(=O)CC(=O)c1cc(C(C)C)ccc12. The number of carbonyl (C=O) groups excluding carboxylic acids is 3. The van der Waals surface area contributed by atoms with E-state index in [4.69, 9.17) is 4.74 Å². The largest absolute Gasteiger partial charge is 0.468 e. The van der Waals surface area contributed by atoms with Crippen LogP contribution in [-0.4, -0.2) is 49.2 Å². The molecule has 1 aliphatic carbocycles. The smallest absolute Gasteiger partial charge is 0.324 e. The predicted octanol–water partition coefficient (Wildman–Crippen LogP) is 2.85. The Balaban J connectivity index is 2.28. The number of benzene rings is 1. The number of hydrogen-bond acceptors (Lipinski definition) is 5. The van der Waals surface area contributed by atoms with Gasteiger partial charge in [0.05, 0.1) is 13.5 Å². The van der Waals surface area contributed by atoms with Crippen molar-refractivity contribution >= 4 is 17.5 Å². The van der Waals surface area contributed by atoms with Crippen LogP contribution in [0, 0.1) is 0 Å². The number of rotatable bonds is 2. The van der Waals surface area contributed by atoms with E-state index >= 15 is 0 Å². The number of hydrogen-bond donors (Lipinski definition) is 0. The molecule has 1 aliphatic heterocycles. The number of methoxy groups -OCH3 is 1. The molecule has 0 fully saturated rings. The molecule has 0 aromatic heterocycles. The molecular formula is C21H25NO4. The van der Waals surface area contributed by atoms with Crippen LogP contribution >= 0.6 is 0 Å². The first-order chi connectivity index (χ1) is 12.3. The maximum Gasteiger partial charge on any atom is 0.324 e. The Bertz CT molecular complexity index is 821. The Morgan fingerprint density at radius 3 is 2.54 bits per heavy atom. The van der Waals surface area contributed by atoms with Crippen LogP contribution in [0.3, 0.4) is 0 Å². The zero-order valence-electron chi connectivity index (χ0n) is 16.0. The summed E-state index contributed by atoms with van der Waals surface area (Å²) in [6, 6.07) is 5.17. The molecule has 1 aromatic rings. The van der Waals surface area contributed by atoms with Gasteiger partial charge in [0, 0.05) is 23.6 Å². The Kier molecular flexibility index (Phi) is 4.84. The lowest BCUT2D eigenvalue weighted by atomic mass is 9.77. The highest BCUT2D eigenvalue weighted by molar-refractivity contribution is 6.17. The van der Waals surface area contributed by atoms with Gasteiger partial charge in [-0.1, -0.05) is 31.6 Å². The topological polar surface area (TPSA) is 63.7 Å². The third-order valence-corrected chi connectivity index (χ3v) is 5.49. The molecular weight excluding hydrogens is 330 g/mol. The second-order valence-corrected chi connectivity index (χ2v) is 7.58. The fourth-order valence-electron chi connectivity index (χ4n) is 4.19. The maximum atomic E-state index is 12.9. The van der Waals surface area contributed by atoms with Gasteiger partial charge in [-0.25, -0.2) is 0 Å². The molecule has 0 saturated heterocycles. The molecule has 0 N–H and O–H groups in total. The van der Waals surface area contributed by atoms with Crippen molar-refractivity contribution in [3.63, 3.8) is 0 Å². The molecule has 0 saturated carbocycles. The number of Topliss-reactive ketones (excluding diaryl/α,β-unsaturated/α-hetero) is 2. The standard InChI is InChI=1S/C21H25NO4/c1-11(2)13-6-7-14-15(8-13)16(23)9-17(24)18-12(3)10-22(4)20(19(14)18)21(25)26-5/h6-8,11,19-20H,9-10H2,1-5H3. The lowest BCUT2D eigenvalue weighted by Gasteiger charge is -2.39. The maximum absolute atomic E-state index is 12.9. The fraction of sp³-hybridized carbons (Fsp3) is 0.476. The minimum Gasteiger partial charge on any atom is -0.468 e. The van der Waals surface area contributed by atoms with Crippen molar-refractivity contribution < 1.29 is 19.1 Å². The van der Waals surface area contributed by atoms with E-state index in [1.165, 1.54) is 7.11 Å². The molecule has 26 heavy (non-hydrogen) atoms. The van der Waals surface area contributed by atoms with Crippen molar-refractivity contribution in [2.45, 2.75) is 45.1 Å². The molecule has 0 amide bonds. The Hall–Kier alpha value is -2.27. The minimum atomic E-state index is -0.614. The number of carbonyl (C=O) groups is 3. The molecule has 3 rings (SSSR count). The van der Waals surface area contributed by atoms with E-state index in [-0.39, 0.29) is 29.9 Å². The van der Waals surface area contributed by atoms with E-state index in [0.29, 0.717) is 17.7 Å². The summed E-state index contributed by atoms with van der Waals surface area (Å²) in [5.41, 5.74) is 3.87. The fourth-order valence-corrected chi connectivity index (χ4v) is 4.19. The minimum absolute atomic E-state index is 0.144.